The summed E-state index contributed by atoms with van der Waals surface area (Å²) >= 11 is 11.7. The molecule has 0 saturated heterocycles. The van der Waals surface area contributed by atoms with Gasteiger partial charge in [-0.2, -0.15) is 9.98 Å². The number of guanidine groups is 4. The minimum Gasteiger partial charge on any atom is -0.479 e. The van der Waals surface area contributed by atoms with Gasteiger partial charge < -0.3 is 125 Å². The van der Waals surface area contributed by atoms with Gasteiger partial charge in [-0.05, 0) is 61.4 Å². The van der Waals surface area contributed by atoms with Gasteiger partial charge in [0.05, 0.1) is 19.8 Å². The Morgan fingerprint density at radius 1 is 0.438 bits per heavy atom. The molecule has 0 amide bonds. The highest BCUT2D eigenvalue weighted by molar-refractivity contribution is 6.31. The molecule has 0 bridgehead atoms. The van der Waals surface area contributed by atoms with Crippen LogP contribution in [0.3, 0.4) is 0 Å². The van der Waals surface area contributed by atoms with Crippen LogP contribution in [0.15, 0.2) is 68.5 Å². The number of carbonyl (C=O) groups is 3. The number of nitrogens with zero attached hydrogens (tertiary/aromatic N) is 4. The maximum absolute atomic E-state index is 10.1. The zero-order valence-electron chi connectivity index (χ0n) is 38.5. The Morgan fingerprint density at radius 3 is 0.904 bits per heavy atom. The summed E-state index contributed by atoms with van der Waals surface area (Å²) in [5.41, 5.74) is 24.8. The lowest BCUT2D eigenvalue weighted by Gasteiger charge is -2.23. The molecule has 2 aromatic carbocycles. The van der Waals surface area contributed by atoms with Crippen molar-refractivity contribution in [2.24, 2.45) is 42.9 Å². The number of carboxylic acid groups (broad SMARTS) is 3. The molecule has 33 heteroatoms. The van der Waals surface area contributed by atoms with E-state index in [0.717, 1.165) is 37.1 Å². The molecule has 12 atom stereocenters. The van der Waals surface area contributed by atoms with E-state index in [-0.39, 0.29) is 23.8 Å². The number of unbranched alkanes of at least 4 members (excludes halogenated alkanes) is 3. The first-order chi connectivity index (χ1) is 34.1. The molecule has 0 aromatic heterocycles. The number of halogens is 2. The molecule has 0 aliphatic heterocycles. The van der Waals surface area contributed by atoms with Crippen molar-refractivity contribution >= 4 is 76.3 Å². The number of nitrogens with one attached hydrogen (secondary N) is 2. The number of benzene rings is 2. The van der Waals surface area contributed by atoms with Crippen molar-refractivity contribution in [1.82, 2.24) is 0 Å². The van der Waals surface area contributed by atoms with Gasteiger partial charge in [-0.1, -0.05) is 36.0 Å². The van der Waals surface area contributed by atoms with Crippen LogP contribution < -0.4 is 33.6 Å². The molecular weight excluding hydrogens is 1030 g/mol. The Morgan fingerprint density at radius 2 is 0.685 bits per heavy atom. The molecule has 0 fully saturated rings. The van der Waals surface area contributed by atoms with Crippen molar-refractivity contribution < 1.29 is 106 Å². The summed E-state index contributed by atoms with van der Waals surface area (Å²) in [6.07, 6.45) is -19.8. The van der Waals surface area contributed by atoms with E-state index in [1.165, 1.54) is 0 Å². The Kier molecular flexibility index (Phi) is 36.1. The van der Waals surface area contributed by atoms with Crippen LogP contribution in [-0.2, 0) is 14.4 Å². The third-order valence-electron chi connectivity index (χ3n) is 8.84. The minimum absolute atomic E-state index is 0.124. The lowest BCUT2D eigenvalue weighted by atomic mass is 10.0. The third kappa shape index (κ3) is 30.2. The van der Waals surface area contributed by atoms with Crippen LogP contribution in [-0.4, -0.2) is 240 Å². The highest BCUT2D eigenvalue weighted by atomic mass is 35.5. The molecule has 0 saturated carbocycles. The maximum atomic E-state index is 10.1. The molecule has 0 unspecified atom stereocenters. The molecule has 2 rings (SSSR count). The summed E-state index contributed by atoms with van der Waals surface area (Å²) in [5.74, 6) is -4.61. The first-order valence-corrected chi connectivity index (χ1v) is 21.8. The van der Waals surface area contributed by atoms with Crippen molar-refractivity contribution in [2.75, 3.05) is 43.5 Å². The topological polar surface area (TPSA) is 593 Å². The van der Waals surface area contributed by atoms with E-state index in [1.807, 2.05) is 0 Å². The highest BCUT2D eigenvalue weighted by Gasteiger charge is 2.35. The highest BCUT2D eigenvalue weighted by Crippen LogP contribution is 2.14. The molecule has 2 aromatic rings. The van der Waals surface area contributed by atoms with Crippen LogP contribution in [0.25, 0.3) is 0 Å². The fourth-order valence-electron chi connectivity index (χ4n) is 4.71. The Balaban J connectivity index is 0. The second-order valence-corrected chi connectivity index (χ2v) is 15.6. The SMILES string of the molecule is NC(=NCCCCCCN=C(N)/N=C(\N)Nc1ccc(Cl)cc1)/N=C(\N)Nc1ccc(Cl)cc1.O=C(O)[C@H](O)[C@@H](O)[C@H](O)[C@H](O)CO.O=C(O)[C@H](O)[C@@H](O)[C@H](O)[C@H](O)CO.O=C(O)[C@H](O)[C@@H](O)[C@H](O)[C@H](O)CO. The van der Waals surface area contributed by atoms with Gasteiger partial charge in [0.25, 0.3) is 0 Å². The predicted molar refractivity (Wildman–Crippen MR) is 261 cm³/mol. The molecule has 0 aliphatic carbocycles. The average molecular weight is 1090 g/mol. The number of aliphatic hydroxyl groups is 15. The number of aliphatic hydroxyl groups excluding tert-OH is 15. The number of hydrogen-bond donors (Lipinski definition) is 24. The standard InChI is InChI=1S/C22H30Cl2N10.3C6H12O7/c23-15-5-9-17(10-6-15)31-21(27)33-19(25)29-13-3-1-2-4-14-30-20(26)34-22(28)32-18-11-7-16(24)8-12-18;3*7-1-2(8)3(9)4(10)5(11)6(12)13/h5-12H,1-4,13-14H2,(H5,25,27,29,31,33)(H5,26,28,30,32,34);3*2-5,7-11H,1H2,(H,12,13)/t;3*2-,3-,4+,5-/m.111/s1. The number of nitrogens with two attached hydrogens (primary N) is 4. The summed E-state index contributed by atoms with van der Waals surface area (Å²) in [4.78, 5) is 46.7. The molecule has 0 heterocycles. The fourth-order valence-corrected chi connectivity index (χ4v) is 4.96. The zero-order chi connectivity index (χ0) is 56.5. The van der Waals surface area contributed by atoms with Gasteiger partial charge in [-0.3, -0.25) is 9.98 Å². The number of rotatable bonds is 24. The summed E-state index contributed by atoms with van der Waals surface area (Å²) in [7, 11) is 0. The van der Waals surface area contributed by atoms with Crippen LogP contribution in [0.5, 0.6) is 0 Å². The number of carboxylic acids is 3. The van der Waals surface area contributed by atoms with Gasteiger partial charge in [-0.15, -0.1) is 0 Å². The predicted octanol–water partition coefficient (Wildman–Crippen LogP) is -7.14. The summed E-state index contributed by atoms with van der Waals surface area (Å²) < 4.78 is 0. The molecule has 73 heavy (non-hydrogen) atoms. The minimum atomic E-state index is -2.20. The van der Waals surface area contributed by atoms with Crippen molar-refractivity contribution in [3.63, 3.8) is 0 Å². The normalized spacial score (nSPS) is 17.0. The molecule has 416 valence electrons. The van der Waals surface area contributed by atoms with Crippen molar-refractivity contribution in [2.45, 2.75) is 98.9 Å². The second kappa shape index (κ2) is 38.0. The third-order valence-corrected chi connectivity index (χ3v) is 9.34. The van der Waals surface area contributed by atoms with E-state index < -0.39 is 111 Å². The van der Waals surface area contributed by atoms with Crippen LogP contribution in [0.1, 0.15) is 25.7 Å². The molecular formula is C40H66Cl2N10O21. The quantitative estimate of drug-likeness (QED) is 0.0264. The van der Waals surface area contributed by atoms with Crippen LogP contribution >= 0.6 is 23.2 Å². The van der Waals surface area contributed by atoms with Gasteiger partial charge in [0.15, 0.2) is 18.3 Å². The number of aliphatic imine (C=N–C) groups is 4. The Hall–Kier alpha value is -5.69. The van der Waals surface area contributed by atoms with Gasteiger partial charge in [0.1, 0.15) is 54.9 Å². The van der Waals surface area contributed by atoms with Gasteiger partial charge in [-0.25, -0.2) is 14.4 Å². The second-order valence-electron chi connectivity index (χ2n) is 14.7. The van der Waals surface area contributed by atoms with Crippen molar-refractivity contribution in [3.8, 4) is 0 Å². The van der Waals surface area contributed by atoms with E-state index in [4.69, 9.17) is 138 Å². The fraction of sp³-hybridized carbons (Fsp3) is 0.525. The number of hydrogen-bond acceptors (Lipinski definition) is 20. The summed E-state index contributed by atoms with van der Waals surface area (Å²) in [5, 5.41) is 163. The van der Waals surface area contributed by atoms with E-state index in [0.29, 0.717) is 23.1 Å². The molecule has 28 N–H and O–H groups in total. The van der Waals surface area contributed by atoms with Crippen molar-refractivity contribution in [3.05, 3.63) is 58.6 Å². The number of aliphatic carboxylic acids is 3. The smallest absolute Gasteiger partial charge is 0.335 e. The Bertz CT molecular complexity index is 1840. The molecule has 31 nitrogen and oxygen atoms in total. The van der Waals surface area contributed by atoms with Crippen LogP contribution in [0.4, 0.5) is 11.4 Å². The van der Waals surface area contributed by atoms with Crippen LogP contribution in [0, 0.1) is 0 Å². The monoisotopic (exact) mass is 1090 g/mol. The van der Waals surface area contributed by atoms with Crippen LogP contribution in [0.2, 0.25) is 10.0 Å². The lowest BCUT2D eigenvalue weighted by Crippen LogP contribution is -2.48. The van der Waals surface area contributed by atoms with E-state index in [9.17, 15) is 14.4 Å². The first kappa shape index (κ1) is 69.4. The lowest BCUT2D eigenvalue weighted by molar-refractivity contribution is -0.164. The molecule has 0 aliphatic rings. The van der Waals surface area contributed by atoms with Crippen molar-refractivity contribution in [1.29, 1.82) is 0 Å². The largest absolute Gasteiger partial charge is 0.479 e. The van der Waals surface area contributed by atoms with Gasteiger partial charge in [0.2, 0.25) is 23.8 Å². The van der Waals surface area contributed by atoms with E-state index >= 15 is 0 Å². The summed E-state index contributed by atoms with van der Waals surface area (Å²) in [6.45, 7) is -1.40. The zero-order valence-corrected chi connectivity index (χ0v) is 40.1. The Labute approximate surface area is 425 Å². The molecule has 0 spiro atoms. The average Bonchev–Trinajstić information content (AvgIpc) is 3.35. The summed E-state index contributed by atoms with van der Waals surface area (Å²) in [6, 6.07) is 14.1. The van der Waals surface area contributed by atoms with E-state index in [2.05, 4.69) is 30.6 Å². The van der Waals surface area contributed by atoms with E-state index in [1.54, 1.807) is 48.5 Å². The van der Waals surface area contributed by atoms with Gasteiger partial charge in [0, 0.05) is 34.5 Å². The first-order valence-electron chi connectivity index (χ1n) is 21.1. The maximum Gasteiger partial charge on any atom is 0.335 e. The van der Waals surface area contributed by atoms with Gasteiger partial charge >= 0.3 is 17.9 Å². The molecule has 0 radical (unpaired) electrons. The number of anilines is 2.